The van der Waals surface area contributed by atoms with Gasteiger partial charge in [-0.3, -0.25) is 9.48 Å². The first-order valence-corrected chi connectivity index (χ1v) is 6.57. The zero-order chi connectivity index (χ0) is 13.2. The van der Waals surface area contributed by atoms with Gasteiger partial charge < -0.3 is 5.32 Å². The minimum Gasteiger partial charge on any atom is -0.384 e. The summed E-state index contributed by atoms with van der Waals surface area (Å²) in [7, 11) is 1.89. The Balaban J connectivity index is 1.66. The average Bonchev–Trinajstić information content (AvgIpc) is 3.02. The second-order valence-electron chi connectivity index (χ2n) is 5.01. The molecule has 98 valence electrons. The van der Waals surface area contributed by atoms with Crippen LogP contribution in [0.4, 0.5) is 5.69 Å². The molecule has 3 rings (SSSR count). The molecule has 0 saturated carbocycles. The molecule has 0 fully saturated rings. The lowest BCUT2D eigenvalue weighted by Crippen LogP contribution is -2.15. The quantitative estimate of drug-likeness (QED) is 0.910. The summed E-state index contributed by atoms with van der Waals surface area (Å²) >= 11 is 0. The molecule has 0 spiro atoms. The Hall–Kier alpha value is -2.10. The van der Waals surface area contributed by atoms with Crippen molar-refractivity contribution < 1.29 is 4.79 Å². The van der Waals surface area contributed by atoms with Gasteiger partial charge in [0, 0.05) is 31.9 Å². The summed E-state index contributed by atoms with van der Waals surface area (Å²) in [4.78, 5) is 12.3. The molecule has 1 aliphatic rings. The highest BCUT2D eigenvalue weighted by atomic mass is 16.1. The van der Waals surface area contributed by atoms with Gasteiger partial charge in [0.25, 0.3) is 0 Å². The number of hydrogen-bond acceptors (Lipinski definition) is 3. The van der Waals surface area contributed by atoms with Gasteiger partial charge in [-0.05, 0) is 23.6 Å². The highest BCUT2D eigenvalue weighted by Crippen LogP contribution is 2.32. The lowest BCUT2D eigenvalue weighted by Gasteiger charge is -2.08. The van der Waals surface area contributed by atoms with Gasteiger partial charge in [-0.15, -0.1) is 0 Å². The van der Waals surface area contributed by atoms with Crippen molar-refractivity contribution in [2.24, 2.45) is 7.05 Å². The largest absolute Gasteiger partial charge is 0.384 e. The first kappa shape index (κ1) is 12.0. The third kappa shape index (κ3) is 2.38. The van der Waals surface area contributed by atoms with Crippen molar-refractivity contribution in [3.05, 3.63) is 47.8 Å². The first-order chi connectivity index (χ1) is 9.24. The Labute approximate surface area is 112 Å². The summed E-state index contributed by atoms with van der Waals surface area (Å²) in [6.07, 6.45) is 5.14. The third-order valence-corrected chi connectivity index (χ3v) is 3.64. The minimum atomic E-state index is 0.00729. The molecule has 4 nitrogen and oxygen atoms in total. The van der Waals surface area contributed by atoms with E-state index in [-0.39, 0.29) is 5.92 Å². The van der Waals surface area contributed by atoms with Crippen molar-refractivity contribution in [2.45, 2.75) is 18.8 Å². The highest BCUT2D eigenvalue weighted by Gasteiger charge is 2.27. The Morgan fingerprint density at radius 2 is 2.32 bits per heavy atom. The Morgan fingerprint density at radius 1 is 1.47 bits per heavy atom. The van der Waals surface area contributed by atoms with Crippen LogP contribution in [0.25, 0.3) is 0 Å². The molecule has 0 radical (unpaired) electrons. The van der Waals surface area contributed by atoms with Crippen molar-refractivity contribution in [2.75, 3.05) is 11.9 Å². The molecule has 1 N–H and O–H groups in total. The summed E-state index contributed by atoms with van der Waals surface area (Å²) in [6, 6.07) is 8.06. The molecule has 1 aromatic heterocycles. The van der Waals surface area contributed by atoms with Crippen LogP contribution < -0.4 is 5.32 Å². The molecule has 0 saturated heterocycles. The lowest BCUT2D eigenvalue weighted by molar-refractivity contribution is -0.120. The van der Waals surface area contributed by atoms with Gasteiger partial charge in [0.05, 0.1) is 12.1 Å². The smallest absolute Gasteiger partial charge is 0.142 e. The molecule has 4 heteroatoms. The van der Waals surface area contributed by atoms with Crippen LogP contribution in [0.15, 0.2) is 36.7 Å². The first-order valence-electron chi connectivity index (χ1n) is 6.57. The number of Topliss-reactive ketones (excluding diaryl/α,β-unsaturated/α-hetero) is 1. The zero-order valence-electron chi connectivity index (χ0n) is 11.0. The van der Waals surface area contributed by atoms with Gasteiger partial charge in [-0.1, -0.05) is 18.2 Å². The number of aryl methyl sites for hydroxylation is 2. The van der Waals surface area contributed by atoms with Crippen LogP contribution in [-0.2, 0) is 18.3 Å². The van der Waals surface area contributed by atoms with E-state index in [1.165, 1.54) is 0 Å². The Kier molecular flexibility index (Phi) is 3.07. The van der Waals surface area contributed by atoms with Crippen molar-refractivity contribution in [1.82, 2.24) is 9.78 Å². The second-order valence-corrected chi connectivity index (χ2v) is 5.01. The van der Waals surface area contributed by atoms with Gasteiger partial charge in [-0.2, -0.15) is 5.10 Å². The minimum absolute atomic E-state index is 0.00729. The summed E-state index contributed by atoms with van der Waals surface area (Å²) < 4.78 is 1.77. The predicted molar refractivity (Wildman–Crippen MR) is 74.2 cm³/mol. The number of ketones is 1. The molecule has 1 aliphatic heterocycles. The van der Waals surface area contributed by atoms with E-state index in [1.54, 1.807) is 4.68 Å². The number of hydrogen-bond donors (Lipinski definition) is 1. The van der Waals surface area contributed by atoms with E-state index < -0.39 is 0 Å². The summed E-state index contributed by atoms with van der Waals surface area (Å²) in [5.74, 6) is 0.314. The lowest BCUT2D eigenvalue weighted by atomic mass is 9.93. The molecule has 1 unspecified atom stereocenters. The second kappa shape index (κ2) is 4.88. The van der Waals surface area contributed by atoms with Crippen LogP contribution >= 0.6 is 0 Å². The number of anilines is 1. The maximum Gasteiger partial charge on any atom is 0.142 e. The normalized spacial score (nSPS) is 17.0. The standard InChI is InChI=1S/C15H17N3O/c1-18-10-11(8-17-18)6-7-15(19)13-9-16-14-5-3-2-4-12(13)14/h2-5,8,10,13,16H,6-7,9H2,1H3. The van der Waals surface area contributed by atoms with Crippen LogP contribution in [0.3, 0.4) is 0 Å². The number of para-hydroxylation sites is 1. The molecule has 1 atom stereocenters. The van der Waals surface area contributed by atoms with Crippen LogP contribution in [0.5, 0.6) is 0 Å². The monoisotopic (exact) mass is 255 g/mol. The van der Waals surface area contributed by atoms with Crippen molar-refractivity contribution in [3.63, 3.8) is 0 Å². The number of carbonyl (C=O) groups excluding carboxylic acids is 1. The van der Waals surface area contributed by atoms with Gasteiger partial charge in [0.1, 0.15) is 5.78 Å². The van der Waals surface area contributed by atoms with E-state index in [9.17, 15) is 4.79 Å². The SMILES string of the molecule is Cn1cc(CCC(=O)C2CNc3ccccc32)cn1. The number of carbonyl (C=O) groups is 1. The van der Waals surface area contributed by atoms with Gasteiger partial charge in [-0.25, -0.2) is 0 Å². The van der Waals surface area contributed by atoms with Crippen molar-refractivity contribution in [1.29, 1.82) is 0 Å². The topological polar surface area (TPSA) is 46.9 Å². The highest BCUT2D eigenvalue weighted by molar-refractivity contribution is 5.89. The van der Waals surface area contributed by atoms with Crippen molar-refractivity contribution in [3.8, 4) is 0 Å². The molecular formula is C15H17N3O. The van der Waals surface area contributed by atoms with E-state index in [2.05, 4.69) is 10.4 Å². The maximum atomic E-state index is 12.3. The number of aromatic nitrogens is 2. The summed E-state index contributed by atoms with van der Waals surface area (Å²) in [5.41, 5.74) is 3.36. The van der Waals surface area contributed by atoms with E-state index >= 15 is 0 Å². The molecule has 2 heterocycles. The molecule has 19 heavy (non-hydrogen) atoms. The van der Waals surface area contributed by atoms with Crippen LogP contribution in [0.2, 0.25) is 0 Å². The number of fused-ring (bicyclic) bond motifs is 1. The summed E-state index contributed by atoms with van der Waals surface area (Å²) in [5, 5.41) is 7.42. The van der Waals surface area contributed by atoms with Gasteiger partial charge in [0.15, 0.2) is 0 Å². The fourth-order valence-corrected chi connectivity index (χ4v) is 2.61. The van der Waals surface area contributed by atoms with E-state index in [0.29, 0.717) is 12.2 Å². The average molecular weight is 255 g/mol. The number of benzene rings is 1. The summed E-state index contributed by atoms with van der Waals surface area (Å²) in [6.45, 7) is 0.727. The molecule has 0 amide bonds. The molecule has 0 aliphatic carbocycles. The van der Waals surface area contributed by atoms with Crippen LogP contribution in [0.1, 0.15) is 23.5 Å². The third-order valence-electron chi connectivity index (χ3n) is 3.64. The molecular weight excluding hydrogens is 238 g/mol. The Morgan fingerprint density at radius 3 is 3.11 bits per heavy atom. The van der Waals surface area contributed by atoms with Gasteiger partial charge in [0.2, 0.25) is 0 Å². The number of nitrogens with zero attached hydrogens (tertiary/aromatic N) is 2. The molecule has 1 aromatic carbocycles. The molecule has 0 bridgehead atoms. The van der Waals surface area contributed by atoms with E-state index in [4.69, 9.17) is 0 Å². The zero-order valence-corrected chi connectivity index (χ0v) is 11.0. The number of rotatable bonds is 4. The van der Waals surface area contributed by atoms with Crippen molar-refractivity contribution >= 4 is 11.5 Å². The number of nitrogens with one attached hydrogen (secondary N) is 1. The Bertz CT molecular complexity index is 603. The fraction of sp³-hybridized carbons (Fsp3) is 0.333. The van der Waals surface area contributed by atoms with E-state index in [1.807, 2.05) is 43.7 Å². The maximum absolute atomic E-state index is 12.3. The van der Waals surface area contributed by atoms with Crippen LogP contribution in [-0.4, -0.2) is 22.1 Å². The van der Waals surface area contributed by atoms with Crippen LogP contribution in [0, 0.1) is 0 Å². The van der Waals surface area contributed by atoms with E-state index in [0.717, 1.165) is 29.8 Å². The molecule has 2 aromatic rings. The predicted octanol–water partition coefficient (Wildman–Crippen LogP) is 2.13. The fourth-order valence-electron chi connectivity index (χ4n) is 2.61. The van der Waals surface area contributed by atoms with Gasteiger partial charge >= 0.3 is 0 Å².